The van der Waals surface area contributed by atoms with Crippen molar-refractivity contribution in [3.63, 3.8) is 0 Å². The summed E-state index contributed by atoms with van der Waals surface area (Å²) in [6, 6.07) is 13.0. The number of cyclic esters (lactones) is 1. The summed E-state index contributed by atoms with van der Waals surface area (Å²) in [6.07, 6.45) is 4.63. The molecular weight excluding hydrogens is 545 g/mol. The van der Waals surface area contributed by atoms with Crippen molar-refractivity contribution in [2.24, 2.45) is 24.3 Å². The van der Waals surface area contributed by atoms with Gasteiger partial charge in [0.2, 0.25) is 0 Å². The smallest absolute Gasteiger partial charge is 0.317 e. The van der Waals surface area contributed by atoms with Crippen LogP contribution in [0.1, 0.15) is 64.0 Å². The molecule has 1 aromatic heterocycles. The van der Waals surface area contributed by atoms with Crippen molar-refractivity contribution in [2.75, 3.05) is 4.72 Å². The lowest BCUT2D eigenvalue weighted by molar-refractivity contribution is -0.174. The van der Waals surface area contributed by atoms with Gasteiger partial charge in [0, 0.05) is 24.8 Å². The number of halogens is 1. The Balaban J connectivity index is 1.65. The second kappa shape index (κ2) is 12.1. The largest absolute Gasteiger partial charge is 0.461 e. The number of ketones is 1. The third-order valence-corrected chi connectivity index (χ3v) is 8.86. The van der Waals surface area contributed by atoms with Crippen LogP contribution in [0, 0.1) is 23.1 Å². The third kappa shape index (κ3) is 7.04. The molecule has 4 atom stereocenters. The molecule has 0 radical (unpaired) electrons. The van der Waals surface area contributed by atoms with Crippen LogP contribution in [0.3, 0.4) is 0 Å². The highest BCUT2D eigenvalue weighted by molar-refractivity contribution is 7.92. The molecule has 3 aromatic rings. The van der Waals surface area contributed by atoms with E-state index in [1.54, 1.807) is 48.0 Å². The quantitative estimate of drug-likeness (QED) is 0.244. The highest BCUT2D eigenvalue weighted by Gasteiger charge is 2.51. The van der Waals surface area contributed by atoms with Crippen molar-refractivity contribution in [3.05, 3.63) is 78.0 Å². The van der Waals surface area contributed by atoms with Crippen LogP contribution < -0.4 is 4.72 Å². The van der Waals surface area contributed by atoms with E-state index < -0.39 is 45.3 Å². The molecule has 1 aliphatic heterocycles. The van der Waals surface area contributed by atoms with Gasteiger partial charge in [-0.3, -0.25) is 14.3 Å². The van der Waals surface area contributed by atoms with Gasteiger partial charge in [-0.25, -0.2) is 9.37 Å². The first-order chi connectivity index (χ1) is 19.3. The second-order valence-corrected chi connectivity index (χ2v) is 13.5. The number of nitrogens with one attached hydrogen (secondary N) is 1. The first-order valence-corrected chi connectivity index (χ1v) is 15.4. The molecule has 1 N–H and O–H groups in total. The normalized spacial score (nSPS) is 20.5. The van der Waals surface area contributed by atoms with Gasteiger partial charge in [-0.2, -0.15) is 8.42 Å². The molecule has 1 saturated heterocycles. The second-order valence-electron chi connectivity index (χ2n) is 11.9. The van der Waals surface area contributed by atoms with Crippen LogP contribution in [0.4, 0.5) is 10.1 Å². The van der Waals surface area contributed by atoms with Gasteiger partial charge < -0.3 is 9.30 Å². The number of nitrogens with zero attached hydrogens (tertiary/aromatic N) is 2. The number of sulfonamides is 1. The minimum Gasteiger partial charge on any atom is -0.461 e. The van der Waals surface area contributed by atoms with Crippen molar-refractivity contribution in [1.29, 1.82) is 0 Å². The van der Waals surface area contributed by atoms with Gasteiger partial charge in [-0.1, -0.05) is 58.4 Å². The van der Waals surface area contributed by atoms with Crippen molar-refractivity contribution in [1.82, 2.24) is 9.55 Å². The SMILES string of the molecule is CCC[C@H]1OC(=O)C([C@@H](c2cccc(NS(=O)(=O)c3cn(C)cn3)c2)C(C)(C)C)C(=O)C1CCc1ccc(F)cc1. The zero-order chi connectivity index (χ0) is 29.9. The molecule has 1 aliphatic rings. The van der Waals surface area contributed by atoms with E-state index in [2.05, 4.69) is 9.71 Å². The van der Waals surface area contributed by atoms with Crippen LogP contribution in [0.2, 0.25) is 0 Å². The Morgan fingerprint density at radius 2 is 1.80 bits per heavy atom. The highest BCUT2D eigenvalue weighted by Crippen LogP contribution is 2.46. The zero-order valence-corrected chi connectivity index (χ0v) is 24.9. The highest BCUT2D eigenvalue weighted by atomic mass is 32.2. The maximum atomic E-state index is 14.2. The number of esters is 1. The van der Waals surface area contributed by atoms with E-state index in [4.69, 9.17) is 4.74 Å². The van der Waals surface area contributed by atoms with E-state index in [0.717, 1.165) is 12.0 Å². The zero-order valence-electron chi connectivity index (χ0n) is 24.1. The number of carbonyl (C=O) groups excluding carboxylic acids is 2. The first-order valence-electron chi connectivity index (χ1n) is 13.9. The summed E-state index contributed by atoms with van der Waals surface area (Å²) in [7, 11) is -2.26. The fourth-order valence-corrected chi connectivity index (χ4v) is 6.74. The van der Waals surface area contributed by atoms with Crippen molar-refractivity contribution in [2.45, 2.75) is 70.4 Å². The number of carbonyl (C=O) groups is 2. The van der Waals surface area contributed by atoms with Gasteiger partial charge in [-0.15, -0.1) is 0 Å². The van der Waals surface area contributed by atoms with Crippen LogP contribution in [0.5, 0.6) is 0 Å². The Morgan fingerprint density at radius 3 is 2.41 bits per heavy atom. The van der Waals surface area contributed by atoms with Crippen LogP contribution in [0.15, 0.2) is 66.1 Å². The lowest BCUT2D eigenvalue weighted by atomic mass is 9.65. The molecule has 0 saturated carbocycles. The van der Waals surface area contributed by atoms with Crippen LogP contribution in [0.25, 0.3) is 0 Å². The number of hydrogen-bond donors (Lipinski definition) is 1. The summed E-state index contributed by atoms with van der Waals surface area (Å²) in [5.74, 6) is -3.16. The van der Waals surface area contributed by atoms with Crippen molar-refractivity contribution < 1.29 is 27.1 Å². The number of aryl methyl sites for hydroxylation is 2. The van der Waals surface area contributed by atoms with E-state index >= 15 is 0 Å². The molecule has 41 heavy (non-hydrogen) atoms. The van der Waals surface area contributed by atoms with Gasteiger partial charge in [-0.05, 0) is 60.1 Å². The summed E-state index contributed by atoms with van der Waals surface area (Å²) in [4.78, 5) is 31.6. The molecule has 4 rings (SSSR count). The number of hydrogen-bond acceptors (Lipinski definition) is 6. The maximum Gasteiger partial charge on any atom is 0.317 e. The number of Topliss-reactive ketones (excluding diaryl/α,β-unsaturated/α-hetero) is 1. The Morgan fingerprint density at radius 1 is 1.10 bits per heavy atom. The summed E-state index contributed by atoms with van der Waals surface area (Å²) in [5.41, 5.74) is 1.32. The van der Waals surface area contributed by atoms with E-state index in [-0.39, 0.29) is 16.6 Å². The number of benzene rings is 2. The summed E-state index contributed by atoms with van der Waals surface area (Å²) < 4.78 is 49.3. The van der Waals surface area contributed by atoms with Gasteiger partial charge in [0.05, 0.1) is 12.2 Å². The van der Waals surface area contributed by atoms with Gasteiger partial charge in [0.25, 0.3) is 10.0 Å². The molecule has 2 unspecified atom stereocenters. The molecule has 2 aromatic carbocycles. The Bertz CT molecular complexity index is 1490. The number of anilines is 1. The van der Waals surface area contributed by atoms with Crippen molar-refractivity contribution in [3.8, 4) is 0 Å². The van der Waals surface area contributed by atoms with Gasteiger partial charge in [0.1, 0.15) is 17.8 Å². The molecule has 0 bridgehead atoms. The topological polar surface area (TPSA) is 107 Å². The Labute approximate surface area is 241 Å². The molecule has 0 aliphatic carbocycles. The van der Waals surface area contributed by atoms with Gasteiger partial charge >= 0.3 is 5.97 Å². The summed E-state index contributed by atoms with van der Waals surface area (Å²) >= 11 is 0. The molecular formula is C31H38FN3O5S. The fourth-order valence-electron chi connectivity index (χ4n) is 5.70. The number of aromatic nitrogens is 2. The minimum absolute atomic E-state index is 0.116. The fraction of sp³-hybridized carbons (Fsp3) is 0.452. The Kier molecular flexibility index (Phi) is 9.01. The van der Waals surface area contributed by atoms with E-state index in [0.29, 0.717) is 30.5 Å². The lowest BCUT2D eigenvalue weighted by Gasteiger charge is -2.42. The number of ether oxygens (including phenoxy) is 1. The number of rotatable bonds is 10. The van der Waals surface area contributed by atoms with E-state index in [1.165, 1.54) is 24.7 Å². The average Bonchev–Trinajstić information content (AvgIpc) is 3.34. The molecule has 2 heterocycles. The molecule has 10 heteroatoms. The van der Waals surface area contributed by atoms with E-state index in [9.17, 15) is 22.4 Å². The lowest BCUT2D eigenvalue weighted by Crippen LogP contribution is -2.50. The third-order valence-electron chi connectivity index (χ3n) is 7.59. The molecule has 220 valence electrons. The monoisotopic (exact) mass is 583 g/mol. The molecule has 1 fully saturated rings. The van der Waals surface area contributed by atoms with Gasteiger partial charge in [0.15, 0.2) is 10.8 Å². The minimum atomic E-state index is -3.94. The first kappa shape index (κ1) is 30.4. The molecule has 0 amide bonds. The molecule has 8 nitrogen and oxygen atoms in total. The average molecular weight is 584 g/mol. The Hall–Kier alpha value is -3.53. The summed E-state index contributed by atoms with van der Waals surface area (Å²) in [5, 5.41) is -0.116. The van der Waals surface area contributed by atoms with E-state index in [1.807, 2.05) is 27.7 Å². The number of imidazole rings is 1. The standard InChI is InChI=1S/C31H38FN3O5S/c1-6-8-25-24(16-13-20-11-14-22(32)15-12-20)29(36)27(30(37)40-25)28(31(2,3)4)21-9-7-10-23(17-21)34-41(38,39)26-18-35(5)19-33-26/h7,9-12,14-15,17-19,24-25,27-28,34H,6,8,13,16H2,1-5H3/t24?,25-,27?,28-/m1/s1. The summed E-state index contributed by atoms with van der Waals surface area (Å²) in [6.45, 7) is 7.84. The predicted octanol–water partition coefficient (Wildman–Crippen LogP) is 5.65. The maximum absolute atomic E-state index is 14.2. The predicted molar refractivity (Wildman–Crippen MR) is 154 cm³/mol. The van der Waals surface area contributed by atoms with Crippen LogP contribution >= 0.6 is 0 Å². The van der Waals surface area contributed by atoms with Crippen LogP contribution in [-0.2, 0) is 37.8 Å². The van der Waals surface area contributed by atoms with Crippen LogP contribution in [-0.4, -0.2) is 35.8 Å². The molecule has 0 spiro atoms. The van der Waals surface area contributed by atoms with Crippen molar-refractivity contribution >= 4 is 27.5 Å².